The number of rotatable bonds is 3. The molecular formula is C12H12ClN3O5. The Labute approximate surface area is 124 Å². The molecule has 1 aliphatic heterocycles. The zero-order valence-electron chi connectivity index (χ0n) is 10.9. The fourth-order valence-electron chi connectivity index (χ4n) is 2.33. The second-order valence-corrected chi connectivity index (χ2v) is 5.02. The van der Waals surface area contributed by atoms with E-state index >= 15 is 0 Å². The van der Waals surface area contributed by atoms with Gasteiger partial charge in [-0.2, -0.15) is 0 Å². The van der Waals surface area contributed by atoms with Crippen molar-refractivity contribution in [3.05, 3.63) is 33.1 Å². The van der Waals surface area contributed by atoms with Crippen LogP contribution < -0.4 is 0 Å². The highest BCUT2D eigenvalue weighted by Crippen LogP contribution is 2.26. The van der Waals surface area contributed by atoms with Crippen molar-refractivity contribution in [3.63, 3.8) is 0 Å². The number of halogens is 1. The van der Waals surface area contributed by atoms with E-state index in [4.69, 9.17) is 11.6 Å². The largest absolute Gasteiger partial charge is 0.480 e. The average Bonchev–Trinajstić information content (AvgIpc) is 2.46. The second-order valence-electron chi connectivity index (χ2n) is 4.63. The monoisotopic (exact) mass is 313 g/mol. The number of pyridine rings is 1. The van der Waals surface area contributed by atoms with Gasteiger partial charge in [0.15, 0.2) is 0 Å². The number of likely N-dealkylation sites (tertiary alicyclic amines) is 1. The maximum atomic E-state index is 12.5. The number of aliphatic carboxylic acids is 1. The lowest BCUT2D eigenvalue weighted by Crippen LogP contribution is -2.48. The predicted octanol–water partition coefficient (Wildman–Crippen LogP) is 1.72. The van der Waals surface area contributed by atoms with Crippen molar-refractivity contribution >= 4 is 29.2 Å². The highest BCUT2D eigenvalue weighted by Gasteiger charge is 2.35. The van der Waals surface area contributed by atoms with Gasteiger partial charge in [-0.15, -0.1) is 0 Å². The number of amides is 1. The third-order valence-electron chi connectivity index (χ3n) is 3.33. The van der Waals surface area contributed by atoms with Gasteiger partial charge in [0.2, 0.25) is 0 Å². The summed E-state index contributed by atoms with van der Waals surface area (Å²) in [5.74, 6) is -1.83. The van der Waals surface area contributed by atoms with Crippen molar-refractivity contribution in [2.24, 2.45) is 0 Å². The summed E-state index contributed by atoms with van der Waals surface area (Å²) in [6.07, 6.45) is 2.57. The topological polar surface area (TPSA) is 114 Å². The van der Waals surface area contributed by atoms with E-state index in [-0.39, 0.29) is 17.3 Å². The van der Waals surface area contributed by atoms with Gasteiger partial charge in [-0.05, 0) is 25.3 Å². The molecule has 21 heavy (non-hydrogen) atoms. The highest BCUT2D eigenvalue weighted by molar-refractivity contribution is 6.29. The first-order valence-electron chi connectivity index (χ1n) is 6.25. The summed E-state index contributed by atoms with van der Waals surface area (Å²) in [5.41, 5.74) is -0.729. The molecule has 2 heterocycles. The number of carbonyl (C=O) groups is 2. The molecule has 0 spiro atoms. The zero-order valence-corrected chi connectivity index (χ0v) is 11.6. The number of carboxylic acids is 1. The van der Waals surface area contributed by atoms with Gasteiger partial charge in [-0.3, -0.25) is 14.9 Å². The molecule has 1 unspecified atom stereocenters. The van der Waals surface area contributed by atoms with Gasteiger partial charge < -0.3 is 10.0 Å². The third kappa shape index (κ3) is 3.10. The Hall–Kier alpha value is -2.22. The van der Waals surface area contributed by atoms with E-state index in [2.05, 4.69) is 4.98 Å². The van der Waals surface area contributed by atoms with Crippen LogP contribution in [0.3, 0.4) is 0 Å². The van der Waals surface area contributed by atoms with Gasteiger partial charge in [0.25, 0.3) is 11.6 Å². The molecule has 0 aliphatic carbocycles. The fraction of sp³-hybridized carbons (Fsp3) is 0.417. The van der Waals surface area contributed by atoms with Gasteiger partial charge in [-0.1, -0.05) is 11.6 Å². The Morgan fingerprint density at radius 2 is 2.19 bits per heavy atom. The van der Waals surface area contributed by atoms with E-state index in [1.807, 2.05) is 0 Å². The van der Waals surface area contributed by atoms with Crippen LogP contribution in [0.4, 0.5) is 5.69 Å². The average molecular weight is 314 g/mol. The van der Waals surface area contributed by atoms with Crippen molar-refractivity contribution in [2.75, 3.05) is 6.54 Å². The van der Waals surface area contributed by atoms with E-state index in [1.165, 1.54) is 0 Å². The summed E-state index contributed by atoms with van der Waals surface area (Å²) in [5, 5.41) is 20.1. The number of piperidine rings is 1. The molecule has 1 aromatic rings. The van der Waals surface area contributed by atoms with Crippen LogP contribution in [0.2, 0.25) is 5.15 Å². The quantitative estimate of drug-likeness (QED) is 0.516. The lowest BCUT2D eigenvalue weighted by Gasteiger charge is -2.32. The summed E-state index contributed by atoms with van der Waals surface area (Å²) in [4.78, 5) is 38.6. The summed E-state index contributed by atoms with van der Waals surface area (Å²) in [7, 11) is 0. The van der Waals surface area contributed by atoms with Gasteiger partial charge >= 0.3 is 5.97 Å². The maximum absolute atomic E-state index is 12.5. The van der Waals surface area contributed by atoms with Crippen LogP contribution in [0.25, 0.3) is 0 Å². The van der Waals surface area contributed by atoms with E-state index in [0.717, 1.165) is 17.2 Å². The van der Waals surface area contributed by atoms with E-state index in [9.17, 15) is 24.8 Å². The lowest BCUT2D eigenvalue weighted by molar-refractivity contribution is -0.385. The van der Waals surface area contributed by atoms with Gasteiger partial charge in [0, 0.05) is 6.54 Å². The normalized spacial score (nSPS) is 18.3. The molecule has 2 rings (SSSR count). The van der Waals surface area contributed by atoms with Crippen molar-refractivity contribution in [3.8, 4) is 0 Å². The standard InChI is InChI=1S/C12H12ClN3O5/c13-10-5-7(9(6-14-10)16(20)21)11(17)15-4-2-1-3-8(15)12(18)19/h5-6,8H,1-4H2,(H,18,19). The van der Waals surface area contributed by atoms with E-state index < -0.39 is 28.5 Å². The molecule has 1 saturated heterocycles. The van der Waals surface area contributed by atoms with Gasteiger partial charge in [0.05, 0.1) is 4.92 Å². The Balaban J connectivity index is 2.40. The molecular weight excluding hydrogens is 302 g/mol. The Morgan fingerprint density at radius 3 is 2.81 bits per heavy atom. The number of aromatic nitrogens is 1. The first-order chi connectivity index (χ1) is 9.91. The molecule has 0 aromatic carbocycles. The minimum Gasteiger partial charge on any atom is -0.480 e. The van der Waals surface area contributed by atoms with Crippen LogP contribution in [-0.4, -0.2) is 44.4 Å². The van der Waals surface area contributed by atoms with E-state index in [0.29, 0.717) is 19.3 Å². The molecule has 1 atom stereocenters. The fourth-order valence-corrected chi connectivity index (χ4v) is 2.48. The van der Waals surface area contributed by atoms with Crippen LogP contribution in [0.15, 0.2) is 12.3 Å². The molecule has 1 N–H and O–H groups in total. The maximum Gasteiger partial charge on any atom is 0.326 e. The zero-order chi connectivity index (χ0) is 15.6. The molecule has 0 saturated carbocycles. The summed E-state index contributed by atoms with van der Waals surface area (Å²) in [6, 6.07) is 0.119. The Kier molecular flexibility index (Phi) is 4.37. The SMILES string of the molecule is O=C(O)C1CCCCN1C(=O)c1cc(Cl)ncc1[N+](=O)[O-]. The molecule has 0 bridgehead atoms. The minimum absolute atomic E-state index is 0.0622. The molecule has 1 aliphatic rings. The summed E-state index contributed by atoms with van der Waals surface area (Å²) >= 11 is 5.68. The number of hydrogen-bond acceptors (Lipinski definition) is 5. The first-order valence-corrected chi connectivity index (χ1v) is 6.63. The van der Waals surface area contributed by atoms with Crippen LogP contribution in [-0.2, 0) is 4.79 Å². The van der Waals surface area contributed by atoms with Crippen molar-refractivity contribution < 1.29 is 19.6 Å². The van der Waals surface area contributed by atoms with Gasteiger partial charge in [0.1, 0.15) is 23.0 Å². The van der Waals surface area contributed by atoms with Crippen LogP contribution >= 0.6 is 11.6 Å². The number of nitrogens with zero attached hydrogens (tertiary/aromatic N) is 3. The number of nitro groups is 1. The Morgan fingerprint density at radius 1 is 1.48 bits per heavy atom. The van der Waals surface area contributed by atoms with Crippen LogP contribution in [0.1, 0.15) is 29.6 Å². The molecule has 8 nitrogen and oxygen atoms in total. The number of carbonyl (C=O) groups excluding carboxylic acids is 1. The molecule has 0 radical (unpaired) electrons. The molecule has 112 valence electrons. The molecule has 1 aromatic heterocycles. The second kappa shape index (κ2) is 6.04. The molecule has 1 fully saturated rings. The molecule has 1 amide bonds. The minimum atomic E-state index is -1.12. The molecule has 9 heteroatoms. The van der Waals surface area contributed by atoms with Crippen molar-refractivity contribution in [1.82, 2.24) is 9.88 Å². The first kappa shape index (κ1) is 15.2. The number of carboxylic acid groups (broad SMARTS) is 1. The van der Waals surface area contributed by atoms with Crippen LogP contribution in [0, 0.1) is 10.1 Å². The van der Waals surface area contributed by atoms with E-state index in [1.54, 1.807) is 0 Å². The lowest BCUT2D eigenvalue weighted by atomic mass is 10.0. The third-order valence-corrected chi connectivity index (χ3v) is 3.53. The predicted molar refractivity (Wildman–Crippen MR) is 72.2 cm³/mol. The number of hydrogen-bond donors (Lipinski definition) is 1. The summed E-state index contributed by atoms with van der Waals surface area (Å²) in [6.45, 7) is 0.243. The highest BCUT2D eigenvalue weighted by atomic mass is 35.5. The van der Waals surface area contributed by atoms with Crippen LogP contribution in [0.5, 0.6) is 0 Å². The van der Waals surface area contributed by atoms with Gasteiger partial charge in [-0.25, -0.2) is 9.78 Å². The Bertz CT molecular complexity index is 607. The van der Waals surface area contributed by atoms with Crippen molar-refractivity contribution in [2.45, 2.75) is 25.3 Å². The smallest absolute Gasteiger partial charge is 0.326 e. The van der Waals surface area contributed by atoms with Crippen molar-refractivity contribution in [1.29, 1.82) is 0 Å². The summed E-state index contributed by atoms with van der Waals surface area (Å²) < 4.78 is 0.